The van der Waals surface area contributed by atoms with Crippen LogP contribution in [0.1, 0.15) is 24.4 Å². The zero-order valence-electron chi connectivity index (χ0n) is 11.1. The predicted octanol–water partition coefficient (Wildman–Crippen LogP) is 1.69. The number of rotatable bonds is 3. The normalized spacial score (nSPS) is 18.6. The fraction of sp³-hybridized carbons (Fsp3) is 0.538. The molecular formula is C13H18N2O4. The van der Waals surface area contributed by atoms with Crippen LogP contribution in [0.5, 0.6) is 0 Å². The van der Waals surface area contributed by atoms with Gasteiger partial charge in [-0.1, -0.05) is 0 Å². The maximum atomic E-state index is 12.2. The van der Waals surface area contributed by atoms with Crippen LogP contribution in [0.3, 0.4) is 0 Å². The molecule has 1 aromatic heterocycles. The van der Waals surface area contributed by atoms with Crippen LogP contribution in [0.25, 0.3) is 0 Å². The Morgan fingerprint density at radius 2 is 2.26 bits per heavy atom. The van der Waals surface area contributed by atoms with Gasteiger partial charge in [-0.25, -0.2) is 9.59 Å². The molecule has 0 aliphatic carbocycles. The van der Waals surface area contributed by atoms with E-state index in [0.717, 1.165) is 12.2 Å². The van der Waals surface area contributed by atoms with Crippen LogP contribution >= 0.6 is 0 Å². The van der Waals surface area contributed by atoms with E-state index in [1.165, 1.54) is 9.80 Å². The number of likely N-dealkylation sites (tertiary alicyclic amines) is 1. The van der Waals surface area contributed by atoms with Gasteiger partial charge in [0.25, 0.3) is 0 Å². The van der Waals surface area contributed by atoms with Crippen LogP contribution < -0.4 is 0 Å². The minimum atomic E-state index is -0.937. The van der Waals surface area contributed by atoms with Crippen molar-refractivity contribution in [3.63, 3.8) is 0 Å². The quantitative estimate of drug-likeness (QED) is 0.903. The summed E-state index contributed by atoms with van der Waals surface area (Å²) in [5.41, 5.74) is 0. The number of carboxylic acids is 1. The van der Waals surface area contributed by atoms with Crippen LogP contribution in [0.15, 0.2) is 16.5 Å². The van der Waals surface area contributed by atoms with E-state index >= 15 is 0 Å². The molecule has 1 unspecified atom stereocenters. The van der Waals surface area contributed by atoms with E-state index in [-0.39, 0.29) is 6.03 Å². The molecule has 0 spiro atoms. The Labute approximate surface area is 111 Å². The van der Waals surface area contributed by atoms with Crippen molar-refractivity contribution in [2.45, 2.75) is 32.4 Å². The molecule has 0 aromatic carbocycles. The van der Waals surface area contributed by atoms with Gasteiger partial charge in [0.1, 0.15) is 17.6 Å². The van der Waals surface area contributed by atoms with Gasteiger partial charge in [-0.15, -0.1) is 0 Å². The van der Waals surface area contributed by atoms with Gasteiger partial charge in [0.2, 0.25) is 0 Å². The summed E-state index contributed by atoms with van der Waals surface area (Å²) >= 11 is 0. The first kappa shape index (κ1) is 13.5. The molecule has 1 saturated heterocycles. The molecule has 2 heterocycles. The molecule has 1 aliphatic rings. The van der Waals surface area contributed by atoms with E-state index in [1.807, 2.05) is 19.1 Å². The largest absolute Gasteiger partial charge is 0.480 e. The number of carboxylic acid groups (broad SMARTS) is 1. The van der Waals surface area contributed by atoms with E-state index in [2.05, 4.69) is 0 Å². The number of amides is 2. The fourth-order valence-electron chi connectivity index (χ4n) is 2.34. The average Bonchev–Trinajstić information content (AvgIpc) is 2.97. The van der Waals surface area contributed by atoms with Crippen molar-refractivity contribution in [1.82, 2.24) is 9.80 Å². The molecule has 104 valence electrons. The molecule has 0 bridgehead atoms. The van der Waals surface area contributed by atoms with Gasteiger partial charge >= 0.3 is 12.0 Å². The Balaban J connectivity index is 2.00. The highest BCUT2D eigenvalue weighted by molar-refractivity contribution is 5.83. The van der Waals surface area contributed by atoms with Crippen LogP contribution in [0.4, 0.5) is 4.79 Å². The van der Waals surface area contributed by atoms with Gasteiger partial charge < -0.3 is 19.3 Å². The molecular weight excluding hydrogens is 248 g/mol. The lowest BCUT2D eigenvalue weighted by atomic mass is 10.2. The highest BCUT2D eigenvalue weighted by Gasteiger charge is 2.35. The SMILES string of the molecule is Cc1ccc(CN(C)C(=O)N2CCCC2C(=O)O)o1. The molecule has 6 heteroatoms. The first-order valence-corrected chi connectivity index (χ1v) is 6.29. The van der Waals surface area contributed by atoms with Crippen molar-refractivity contribution >= 4 is 12.0 Å². The predicted molar refractivity (Wildman–Crippen MR) is 67.7 cm³/mol. The van der Waals surface area contributed by atoms with Gasteiger partial charge in [-0.3, -0.25) is 0 Å². The summed E-state index contributed by atoms with van der Waals surface area (Å²) in [7, 11) is 1.65. The maximum absolute atomic E-state index is 12.2. The number of carbonyl (C=O) groups excluding carboxylic acids is 1. The Hall–Kier alpha value is -1.98. The zero-order valence-corrected chi connectivity index (χ0v) is 11.1. The van der Waals surface area contributed by atoms with E-state index in [9.17, 15) is 9.59 Å². The minimum Gasteiger partial charge on any atom is -0.480 e. The molecule has 1 fully saturated rings. The maximum Gasteiger partial charge on any atom is 0.326 e. The van der Waals surface area contributed by atoms with Gasteiger partial charge in [-0.05, 0) is 31.9 Å². The smallest absolute Gasteiger partial charge is 0.326 e. The Bertz CT molecular complexity index is 483. The standard InChI is InChI=1S/C13H18N2O4/c1-9-5-6-10(19-9)8-14(2)13(18)15-7-3-4-11(15)12(16)17/h5-6,11H,3-4,7-8H2,1-2H3,(H,16,17). The summed E-state index contributed by atoms with van der Waals surface area (Å²) in [4.78, 5) is 26.2. The summed E-state index contributed by atoms with van der Waals surface area (Å²) in [6, 6.07) is 2.69. The Kier molecular flexibility index (Phi) is 3.78. The van der Waals surface area contributed by atoms with Crippen molar-refractivity contribution < 1.29 is 19.1 Å². The zero-order chi connectivity index (χ0) is 14.0. The lowest BCUT2D eigenvalue weighted by Crippen LogP contribution is -2.46. The second-order valence-electron chi connectivity index (χ2n) is 4.84. The molecule has 1 aromatic rings. The minimum absolute atomic E-state index is 0.265. The fourth-order valence-corrected chi connectivity index (χ4v) is 2.34. The summed E-state index contributed by atoms with van der Waals surface area (Å²) in [6.45, 7) is 2.68. The monoisotopic (exact) mass is 266 g/mol. The van der Waals surface area contributed by atoms with Gasteiger partial charge in [-0.2, -0.15) is 0 Å². The third kappa shape index (κ3) is 2.89. The molecule has 2 amide bonds. The summed E-state index contributed by atoms with van der Waals surface area (Å²) < 4.78 is 5.41. The Morgan fingerprint density at radius 3 is 2.84 bits per heavy atom. The summed E-state index contributed by atoms with van der Waals surface area (Å²) in [6.07, 6.45) is 1.26. The van der Waals surface area contributed by atoms with Gasteiger partial charge in [0.05, 0.1) is 6.54 Å². The Morgan fingerprint density at radius 1 is 1.53 bits per heavy atom. The van der Waals surface area contributed by atoms with Crippen LogP contribution in [-0.2, 0) is 11.3 Å². The lowest BCUT2D eigenvalue weighted by Gasteiger charge is -2.27. The third-order valence-corrected chi connectivity index (χ3v) is 3.30. The highest BCUT2D eigenvalue weighted by atomic mass is 16.4. The second-order valence-corrected chi connectivity index (χ2v) is 4.84. The molecule has 2 rings (SSSR count). The molecule has 6 nitrogen and oxygen atoms in total. The van der Waals surface area contributed by atoms with Crippen LogP contribution in [-0.4, -0.2) is 46.5 Å². The number of nitrogens with zero attached hydrogens (tertiary/aromatic N) is 2. The molecule has 19 heavy (non-hydrogen) atoms. The molecule has 1 atom stereocenters. The third-order valence-electron chi connectivity index (χ3n) is 3.30. The van der Waals surface area contributed by atoms with E-state index in [4.69, 9.17) is 9.52 Å². The van der Waals surface area contributed by atoms with Gasteiger partial charge in [0, 0.05) is 13.6 Å². The van der Waals surface area contributed by atoms with Crippen LogP contribution in [0, 0.1) is 6.92 Å². The average molecular weight is 266 g/mol. The molecule has 0 radical (unpaired) electrons. The van der Waals surface area contributed by atoms with E-state index in [0.29, 0.717) is 25.3 Å². The topological polar surface area (TPSA) is 74.0 Å². The van der Waals surface area contributed by atoms with Crippen molar-refractivity contribution in [2.75, 3.05) is 13.6 Å². The number of urea groups is 1. The number of aryl methyl sites for hydroxylation is 1. The first-order chi connectivity index (χ1) is 8.99. The molecule has 1 aliphatic heterocycles. The summed E-state index contributed by atoms with van der Waals surface area (Å²) in [5.74, 6) is 0.549. The lowest BCUT2D eigenvalue weighted by molar-refractivity contribution is -0.141. The number of hydrogen-bond acceptors (Lipinski definition) is 3. The van der Waals surface area contributed by atoms with Crippen LogP contribution in [0.2, 0.25) is 0 Å². The molecule has 1 N–H and O–H groups in total. The van der Waals surface area contributed by atoms with Crippen molar-refractivity contribution in [1.29, 1.82) is 0 Å². The number of carbonyl (C=O) groups is 2. The van der Waals surface area contributed by atoms with Crippen molar-refractivity contribution in [2.24, 2.45) is 0 Å². The van der Waals surface area contributed by atoms with E-state index in [1.54, 1.807) is 7.05 Å². The van der Waals surface area contributed by atoms with Gasteiger partial charge in [0.15, 0.2) is 0 Å². The molecule has 0 saturated carbocycles. The number of hydrogen-bond donors (Lipinski definition) is 1. The first-order valence-electron chi connectivity index (χ1n) is 6.29. The van der Waals surface area contributed by atoms with Crippen molar-refractivity contribution in [3.8, 4) is 0 Å². The number of aliphatic carboxylic acids is 1. The number of furan rings is 1. The van der Waals surface area contributed by atoms with E-state index < -0.39 is 12.0 Å². The second kappa shape index (κ2) is 5.34. The van der Waals surface area contributed by atoms with Crippen molar-refractivity contribution in [3.05, 3.63) is 23.7 Å². The highest BCUT2D eigenvalue weighted by Crippen LogP contribution is 2.20. The summed E-state index contributed by atoms with van der Waals surface area (Å²) in [5, 5.41) is 9.08.